The molecule has 0 amide bonds. The van der Waals surface area contributed by atoms with Crippen molar-refractivity contribution < 1.29 is 4.57 Å². The third-order valence-corrected chi connectivity index (χ3v) is 6.61. The highest BCUT2D eigenvalue weighted by Gasteiger charge is 2.19. The van der Waals surface area contributed by atoms with Gasteiger partial charge in [-0.25, -0.2) is 0 Å². The van der Waals surface area contributed by atoms with Crippen molar-refractivity contribution in [3.63, 3.8) is 0 Å². The number of hydrogen-bond acceptors (Lipinski definition) is 3. The van der Waals surface area contributed by atoms with Gasteiger partial charge in [0, 0.05) is 23.5 Å². The first kappa shape index (κ1) is 17.4. The molecule has 26 heavy (non-hydrogen) atoms. The Labute approximate surface area is 163 Å². The molecule has 2 aromatic carbocycles. The number of benzene rings is 2. The van der Waals surface area contributed by atoms with Crippen LogP contribution in [0.4, 0.5) is 5.69 Å². The van der Waals surface area contributed by atoms with Crippen molar-refractivity contribution in [1.82, 2.24) is 0 Å². The topological polar surface area (TPSA) is 15.9 Å². The molecule has 2 heterocycles. The second-order valence-corrected chi connectivity index (χ2v) is 8.51. The van der Waals surface area contributed by atoms with Crippen LogP contribution in [0.3, 0.4) is 0 Å². The lowest BCUT2D eigenvalue weighted by atomic mass is 10.2. The highest BCUT2D eigenvalue weighted by Crippen LogP contribution is 2.41. The molecule has 1 aromatic heterocycles. The molecular formula is C22H23N2S2+. The molecular weight excluding hydrogens is 356 g/mol. The van der Waals surface area contributed by atoms with Crippen molar-refractivity contribution in [1.29, 1.82) is 0 Å². The molecule has 1 aliphatic rings. The standard InChI is InChI=1S/C22H22N2S2/c1-3-13-24-18-10-6-8-12-20(18)26-22(24)15-16(4-2)14-21-23-17-9-5-7-11-19(17)25-21/h5-12,14-15H,3-4,13H2,1-2H3/p+1. The second kappa shape index (κ2) is 7.68. The normalized spacial score (nSPS) is 15.5. The van der Waals surface area contributed by atoms with Gasteiger partial charge >= 0.3 is 0 Å². The maximum Gasteiger partial charge on any atom is 0.263 e. The predicted octanol–water partition coefficient (Wildman–Crippen LogP) is 6.45. The quantitative estimate of drug-likeness (QED) is 0.513. The van der Waals surface area contributed by atoms with E-state index in [1.807, 2.05) is 23.1 Å². The number of allylic oxidation sites excluding steroid dienone is 2. The van der Waals surface area contributed by atoms with Gasteiger partial charge in [0.2, 0.25) is 5.52 Å². The van der Waals surface area contributed by atoms with E-state index >= 15 is 0 Å². The molecule has 0 bridgehead atoms. The van der Waals surface area contributed by atoms with Crippen molar-refractivity contribution in [2.75, 3.05) is 5.32 Å². The van der Waals surface area contributed by atoms with Gasteiger partial charge < -0.3 is 5.32 Å². The lowest BCUT2D eigenvalue weighted by molar-refractivity contribution is -0.668. The third-order valence-electron chi connectivity index (χ3n) is 4.48. The number of nitrogens with zero attached hydrogens (tertiary/aromatic N) is 1. The van der Waals surface area contributed by atoms with E-state index in [1.165, 1.54) is 36.4 Å². The number of nitrogens with one attached hydrogen (secondary N) is 1. The van der Waals surface area contributed by atoms with E-state index in [9.17, 15) is 0 Å². The summed E-state index contributed by atoms with van der Waals surface area (Å²) in [5.74, 6) is 0. The molecule has 0 atom stereocenters. The number of aryl methyl sites for hydroxylation is 1. The van der Waals surface area contributed by atoms with Crippen LogP contribution < -0.4 is 9.88 Å². The molecule has 0 radical (unpaired) electrons. The Morgan fingerprint density at radius 2 is 1.88 bits per heavy atom. The number of thioether (sulfide) groups is 1. The lowest BCUT2D eigenvalue weighted by Gasteiger charge is -2.01. The maximum absolute atomic E-state index is 3.53. The Balaban J connectivity index is 1.69. The highest BCUT2D eigenvalue weighted by atomic mass is 32.2. The number of anilines is 1. The second-order valence-electron chi connectivity index (χ2n) is 6.36. The number of para-hydroxylation sites is 2. The van der Waals surface area contributed by atoms with Crippen LogP contribution in [0.15, 0.2) is 70.1 Å². The van der Waals surface area contributed by atoms with Gasteiger partial charge in [0.05, 0.1) is 10.7 Å². The monoisotopic (exact) mass is 379 g/mol. The SMILES string of the molecule is CCC[n+]1c(C=C(C=C2Nc3ccccc3S2)CC)sc2ccccc21. The summed E-state index contributed by atoms with van der Waals surface area (Å²) in [5, 5.41) is 6.08. The summed E-state index contributed by atoms with van der Waals surface area (Å²) >= 11 is 3.70. The number of hydrogen-bond donors (Lipinski definition) is 1. The molecule has 1 N–H and O–H groups in total. The molecule has 2 nitrogen and oxygen atoms in total. The van der Waals surface area contributed by atoms with Gasteiger partial charge in [0.1, 0.15) is 11.2 Å². The van der Waals surface area contributed by atoms with E-state index in [4.69, 9.17) is 0 Å². The minimum atomic E-state index is 1.02. The van der Waals surface area contributed by atoms with Crippen LogP contribution in [0.5, 0.6) is 0 Å². The average molecular weight is 380 g/mol. The molecule has 0 saturated carbocycles. The smallest absolute Gasteiger partial charge is 0.263 e. The zero-order valence-electron chi connectivity index (χ0n) is 15.2. The van der Waals surface area contributed by atoms with Crippen molar-refractivity contribution in [3.05, 3.63) is 70.2 Å². The van der Waals surface area contributed by atoms with E-state index in [0.29, 0.717) is 0 Å². The van der Waals surface area contributed by atoms with Gasteiger partial charge in [-0.2, -0.15) is 4.57 Å². The fourth-order valence-corrected chi connectivity index (χ4v) is 5.34. The van der Waals surface area contributed by atoms with Gasteiger partial charge in [-0.3, -0.25) is 0 Å². The summed E-state index contributed by atoms with van der Waals surface area (Å²) in [5.41, 5.74) is 3.90. The Bertz CT molecular complexity index is 971. The summed E-state index contributed by atoms with van der Waals surface area (Å²) in [4.78, 5) is 1.30. The number of aromatic nitrogens is 1. The fourth-order valence-electron chi connectivity index (χ4n) is 3.19. The van der Waals surface area contributed by atoms with Crippen LogP contribution in [0, 0.1) is 0 Å². The summed E-state index contributed by atoms with van der Waals surface area (Å²) in [6.07, 6.45) is 6.81. The first-order chi connectivity index (χ1) is 12.8. The third kappa shape index (κ3) is 3.44. The van der Waals surface area contributed by atoms with E-state index in [-0.39, 0.29) is 0 Å². The summed E-state index contributed by atoms with van der Waals surface area (Å²) < 4.78 is 3.81. The number of thiazole rings is 1. The Kier molecular flexibility index (Phi) is 5.14. The zero-order valence-corrected chi connectivity index (χ0v) is 16.8. The first-order valence-corrected chi connectivity index (χ1v) is 10.8. The average Bonchev–Trinajstić information content (AvgIpc) is 3.22. The van der Waals surface area contributed by atoms with E-state index in [2.05, 4.69) is 84.4 Å². The van der Waals surface area contributed by atoms with Gasteiger partial charge in [-0.05, 0) is 36.3 Å². The maximum atomic E-state index is 3.53. The summed E-state index contributed by atoms with van der Waals surface area (Å²) in [7, 11) is 0. The van der Waals surface area contributed by atoms with Crippen LogP contribution >= 0.6 is 23.1 Å². The van der Waals surface area contributed by atoms with Gasteiger partial charge in [-0.15, -0.1) is 0 Å². The Hall–Kier alpha value is -2.04. The van der Waals surface area contributed by atoms with E-state index in [1.54, 1.807) is 0 Å². The zero-order chi connectivity index (χ0) is 17.9. The summed E-state index contributed by atoms with van der Waals surface area (Å²) in [6.45, 7) is 5.53. The van der Waals surface area contributed by atoms with Crippen molar-refractivity contribution in [2.45, 2.75) is 38.1 Å². The van der Waals surface area contributed by atoms with Crippen LogP contribution in [0.2, 0.25) is 0 Å². The fraction of sp³-hybridized carbons (Fsp3) is 0.227. The van der Waals surface area contributed by atoms with Crippen LogP contribution in [0.1, 0.15) is 31.7 Å². The number of rotatable bonds is 5. The molecule has 0 saturated heterocycles. The Morgan fingerprint density at radius 1 is 1.08 bits per heavy atom. The van der Waals surface area contributed by atoms with Gasteiger partial charge in [-0.1, -0.05) is 61.2 Å². The van der Waals surface area contributed by atoms with Crippen molar-refractivity contribution >= 4 is 45.1 Å². The van der Waals surface area contributed by atoms with Crippen molar-refractivity contribution in [3.8, 4) is 0 Å². The van der Waals surface area contributed by atoms with E-state index < -0.39 is 0 Å². The molecule has 1 aliphatic heterocycles. The lowest BCUT2D eigenvalue weighted by Crippen LogP contribution is -2.34. The number of fused-ring (bicyclic) bond motifs is 2. The molecule has 4 heteroatoms. The largest absolute Gasteiger partial charge is 0.349 e. The molecule has 0 spiro atoms. The van der Waals surface area contributed by atoms with Gasteiger partial charge in [0.25, 0.3) is 5.01 Å². The first-order valence-electron chi connectivity index (χ1n) is 9.16. The van der Waals surface area contributed by atoms with Crippen molar-refractivity contribution in [2.24, 2.45) is 0 Å². The molecule has 4 rings (SSSR count). The van der Waals surface area contributed by atoms with E-state index in [0.717, 1.165) is 19.4 Å². The van der Waals surface area contributed by atoms with Crippen LogP contribution in [0.25, 0.3) is 16.3 Å². The minimum absolute atomic E-state index is 1.02. The molecule has 132 valence electrons. The highest BCUT2D eigenvalue weighted by molar-refractivity contribution is 8.03. The van der Waals surface area contributed by atoms with Crippen LogP contribution in [-0.4, -0.2) is 0 Å². The summed E-state index contributed by atoms with van der Waals surface area (Å²) in [6, 6.07) is 17.2. The van der Waals surface area contributed by atoms with Gasteiger partial charge in [0.15, 0.2) is 0 Å². The predicted molar refractivity (Wildman–Crippen MR) is 115 cm³/mol. The Morgan fingerprint density at radius 3 is 2.69 bits per heavy atom. The molecule has 0 fully saturated rings. The molecule has 0 aliphatic carbocycles. The van der Waals surface area contributed by atoms with Crippen LogP contribution in [-0.2, 0) is 6.54 Å². The molecule has 0 unspecified atom stereocenters. The molecule has 3 aromatic rings. The minimum Gasteiger partial charge on any atom is -0.349 e.